The number of hydrogen-bond acceptors (Lipinski definition) is 4. The van der Waals surface area contributed by atoms with Gasteiger partial charge in [-0.15, -0.1) is 0 Å². The molecule has 0 atom stereocenters. The maximum absolute atomic E-state index is 6.05. The SMILES string of the molecule is CN1CCN(C)c2cc(-c3cnn(C)c3N)ccc21. The second kappa shape index (κ2) is 4.19. The van der Waals surface area contributed by atoms with Crippen molar-refractivity contribution in [1.29, 1.82) is 0 Å². The number of rotatable bonds is 1. The van der Waals surface area contributed by atoms with Crippen molar-refractivity contribution in [2.75, 3.05) is 42.7 Å². The molecule has 1 aliphatic heterocycles. The lowest BCUT2D eigenvalue weighted by Crippen LogP contribution is -2.36. The van der Waals surface area contributed by atoms with Gasteiger partial charge in [0.25, 0.3) is 0 Å². The van der Waals surface area contributed by atoms with Crippen molar-refractivity contribution < 1.29 is 0 Å². The number of hydrogen-bond donors (Lipinski definition) is 1. The third-order valence-corrected chi connectivity index (χ3v) is 3.86. The number of likely N-dealkylation sites (N-methyl/N-ethyl adjacent to an activating group) is 2. The zero-order valence-electron chi connectivity index (χ0n) is 11.6. The molecule has 5 nitrogen and oxygen atoms in total. The van der Waals surface area contributed by atoms with Gasteiger partial charge in [0.05, 0.1) is 17.6 Å². The fourth-order valence-electron chi connectivity index (χ4n) is 2.53. The molecular formula is C14H19N5. The first-order valence-electron chi connectivity index (χ1n) is 6.42. The Morgan fingerprint density at radius 1 is 1.05 bits per heavy atom. The standard InChI is InChI=1S/C14H19N5/c1-17-6-7-18(2)13-8-10(4-5-12(13)17)11-9-16-19(3)14(11)15/h4-5,8-9H,6-7,15H2,1-3H3. The van der Waals surface area contributed by atoms with Gasteiger partial charge in [0.1, 0.15) is 5.82 Å². The monoisotopic (exact) mass is 257 g/mol. The summed E-state index contributed by atoms with van der Waals surface area (Å²) in [5, 5.41) is 4.21. The van der Waals surface area contributed by atoms with E-state index in [1.807, 2.05) is 13.2 Å². The van der Waals surface area contributed by atoms with Crippen LogP contribution in [0.25, 0.3) is 11.1 Å². The van der Waals surface area contributed by atoms with Crippen molar-refractivity contribution >= 4 is 17.2 Å². The highest BCUT2D eigenvalue weighted by atomic mass is 15.3. The molecule has 2 heterocycles. The first-order valence-corrected chi connectivity index (χ1v) is 6.42. The van der Waals surface area contributed by atoms with Gasteiger partial charge < -0.3 is 15.5 Å². The number of anilines is 3. The molecule has 0 saturated carbocycles. The van der Waals surface area contributed by atoms with Crippen molar-refractivity contribution in [3.05, 3.63) is 24.4 Å². The van der Waals surface area contributed by atoms with Crippen molar-refractivity contribution in [2.45, 2.75) is 0 Å². The molecule has 1 aliphatic rings. The first kappa shape index (κ1) is 11.9. The van der Waals surface area contributed by atoms with Crippen LogP contribution in [0, 0.1) is 0 Å². The van der Waals surface area contributed by atoms with E-state index < -0.39 is 0 Å². The van der Waals surface area contributed by atoms with Gasteiger partial charge in [0, 0.05) is 39.8 Å². The number of benzene rings is 1. The Hall–Kier alpha value is -2.17. The average Bonchev–Trinajstić information content (AvgIpc) is 2.74. The molecule has 0 fully saturated rings. The summed E-state index contributed by atoms with van der Waals surface area (Å²) in [5.74, 6) is 0.701. The van der Waals surface area contributed by atoms with E-state index in [2.05, 4.69) is 47.2 Å². The summed E-state index contributed by atoms with van der Waals surface area (Å²) in [6.45, 7) is 2.09. The van der Waals surface area contributed by atoms with E-state index in [4.69, 9.17) is 5.73 Å². The minimum atomic E-state index is 0.701. The minimum Gasteiger partial charge on any atom is -0.383 e. The van der Waals surface area contributed by atoms with Crippen LogP contribution in [0.5, 0.6) is 0 Å². The molecule has 3 rings (SSSR count). The lowest BCUT2D eigenvalue weighted by molar-refractivity contribution is 0.779. The molecule has 1 aromatic heterocycles. The predicted octanol–water partition coefficient (Wildman–Crippen LogP) is 1.56. The van der Waals surface area contributed by atoms with Gasteiger partial charge in [-0.05, 0) is 17.7 Å². The average molecular weight is 257 g/mol. The molecule has 1 aromatic carbocycles. The van der Waals surface area contributed by atoms with Crippen LogP contribution in [0.15, 0.2) is 24.4 Å². The number of nitrogen functional groups attached to an aromatic ring is 1. The summed E-state index contributed by atoms with van der Waals surface area (Å²) in [6.07, 6.45) is 1.82. The molecule has 0 saturated heterocycles. The number of fused-ring (bicyclic) bond motifs is 1. The van der Waals surface area contributed by atoms with Crippen LogP contribution in [0.4, 0.5) is 17.2 Å². The molecule has 5 heteroatoms. The van der Waals surface area contributed by atoms with Crippen LogP contribution in [-0.2, 0) is 7.05 Å². The Bertz CT molecular complexity index is 616. The number of aryl methyl sites for hydroxylation is 1. The van der Waals surface area contributed by atoms with E-state index in [1.54, 1.807) is 4.68 Å². The summed E-state index contributed by atoms with van der Waals surface area (Å²) < 4.78 is 1.70. The van der Waals surface area contributed by atoms with Crippen LogP contribution in [-0.4, -0.2) is 37.0 Å². The summed E-state index contributed by atoms with van der Waals surface area (Å²) in [4.78, 5) is 4.57. The molecule has 19 heavy (non-hydrogen) atoms. The van der Waals surface area contributed by atoms with Crippen LogP contribution in [0.1, 0.15) is 0 Å². The van der Waals surface area contributed by atoms with Crippen molar-refractivity contribution in [3.63, 3.8) is 0 Å². The zero-order chi connectivity index (χ0) is 13.6. The maximum atomic E-state index is 6.05. The number of aromatic nitrogens is 2. The Morgan fingerprint density at radius 3 is 2.37 bits per heavy atom. The van der Waals surface area contributed by atoms with Crippen molar-refractivity contribution in [2.24, 2.45) is 7.05 Å². The van der Waals surface area contributed by atoms with Gasteiger partial charge >= 0.3 is 0 Å². The third-order valence-electron chi connectivity index (χ3n) is 3.86. The number of nitrogens with two attached hydrogens (primary N) is 1. The predicted molar refractivity (Wildman–Crippen MR) is 79.6 cm³/mol. The topological polar surface area (TPSA) is 50.3 Å². The molecule has 0 aliphatic carbocycles. The Kier molecular flexibility index (Phi) is 2.62. The van der Waals surface area contributed by atoms with Gasteiger partial charge in [-0.2, -0.15) is 5.10 Å². The van der Waals surface area contributed by atoms with Gasteiger partial charge in [0.15, 0.2) is 0 Å². The third kappa shape index (κ3) is 1.82. The normalized spacial score (nSPS) is 14.7. The quantitative estimate of drug-likeness (QED) is 0.842. The smallest absolute Gasteiger partial charge is 0.129 e. The molecule has 0 amide bonds. The van der Waals surface area contributed by atoms with Crippen LogP contribution in [0.3, 0.4) is 0 Å². The molecular weight excluding hydrogens is 238 g/mol. The second-order valence-electron chi connectivity index (χ2n) is 5.11. The largest absolute Gasteiger partial charge is 0.383 e. The van der Waals surface area contributed by atoms with Crippen LogP contribution in [0.2, 0.25) is 0 Å². The molecule has 0 unspecified atom stereocenters. The van der Waals surface area contributed by atoms with E-state index in [0.717, 1.165) is 24.2 Å². The van der Waals surface area contributed by atoms with Crippen molar-refractivity contribution in [1.82, 2.24) is 9.78 Å². The van der Waals surface area contributed by atoms with E-state index in [-0.39, 0.29) is 0 Å². The van der Waals surface area contributed by atoms with E-state index in [9.17, 15) is 0 Å². The second-order valence-corrected chi connectivity index (χ2v) is 5.11. The van der Waals surface area contributed by atoms with Gasteiger partial charge in [0.2, 0.25) is 0 Å². The summed E-state index contributed by atoms with van der Waals surface area (Å²) >= 11 is 0. The molecule has 100 valence electrons. The maximum Gasteiger partial charge on any atom is 0.129 e. The van der Waals surface area contributed by atoms with Crippen LogP contribution >= 0.6 is 0 Å². The van der Waals surface area contributed by atoms with E-state index in [1.165, 1.54) is 11.4 Å². The lowest BCUT2D eigenvalue weighted by atomic mass is 10.0. The highest BCUT2D eigenvalue weighted by Crippen LogP contribution is 2.36. The van der Waals surface area contributed by atoms with Gasteiger partial charge in [-0.3, -0.25) is 4.68 Å². The molecule has 0 spiro atoms. The lowest BCUT2D eigenvalue weighted by Gasteiger charge is -2.35. The summed E-state index contributed by atoms with van der Waals surface area (Å²) in [7, 11) is 6.11. The number of nitrogens with zero attached hydrogens (tertiary/aromatic N) is 4. The highest BCUT2D eigenvalue weighted by molar-refractivity contribution is 5.82. The van der Waals surface area contributed by atoms with Crippen LogP contribution < -0.4 is 15.5 Å². The fraction of sp³-hybridized carbons (Fsp3) is 0.357. The summed E-state index contributed by atoms with van der Waals surface area (Å²) in [5.41, 5.74) is 10.7. The van der Waals surface area contributed by atoms with E-state index in [0.29, 0.717) is 5.82 Å². The first-order chi connectivity index (χ1) is 9.08. The summed E-state index contributed by atoms with van der Waals surface area (Å²) in [6, 6.07) is 6.47. The van der Waals surface area contributed by atoms with E-state index >= 15 is 0 Å². The molecule has 2 aromatic rings. The Balaban J connectivity index is 2.11. The zero-order valence-corrected chi connectivity index (χ0v) is 11.6. The van der Waals surface area contributed by atoms with Gasteiger partial charge in [-0.1, -0.05) is 6.07 Å². The van der Waals surface area contributed by atoms with Gasteiger partial charge in [-0.25, -0.2) is 0 Å². The molecule has 0 radical (unpaired) electrons. The highest BCUT2D eigenvalue weighted by Gasteiger charge is 2.19. The van der Waals surface area contributed by atoms with Crippen molar-refractivity contribution in [3.8, 4) is 11.1 Å². The molecule has 2 N–H and O–H groups in total. The Morgan fingerprint density at radius 2 is 1.74 bits per heavy atom. The Labute approximate surface area is 113 Å². The fourth-order valence-corrected chi connectivity index (χ4v) is 2.53. The molecule has 0 bridgehead atoms. The minimum absolute atomic E-state index is 0.701.